The third-order valence-electron chi connectivity index (χ3n) is 2.47. The van der Waals surface area contributed by atoms with E-state index in [9.17, 15) is 5.11 Å². The highest BCUT2D eigenvalue weighted by Gasteiger charge is 2.09. The quantitative estimate of drug-likeness (QED) is 0.915. The molecule has 0 amide bonds. The summed E-state index contributed by atoms with van der Waals surface area (Å²) in [5, 5.41) is 11.0. The van der Waals surface area contributed by atoms with Crippen LogP contribution in [0.2, 0.25) is 10.0 Å². The molecule has 0 bridgehead atoms. The third-order valence-corrected chi connectivity index (χ3v) is 3.02. The Morgan fingerprint density at radius 2 is 1.78 bits per heavy atom. The first-order valence-electron chi connectivity index (χ1n) is 5.47. The lowest BCUT2D eigenvalue weighted by molar-refractivity contribution is 0.108. The average molecular weight is 283 g/mol. The Labute approximate surface area is 116 Å². The molecule has 0 heterocycles. The van der Waals surface area contributed by atoms with Crippen molar-refractivity contribution in [3.63, 3.8) is 0 Å². The van der Waals surface area contributed by atoms with Gasteiger partial charge in [0.2, 0.25) is 0 Å². The maximum absolute atomic E-state index is 9.94. The van der Waals surface area contributed by atoms with Gasteiger partial charge in [0, 0.05) is 11.1 Å². The Balaban J connectivity index is 2.01. The third kappa shape index (κ3) is 3.39. The second-order valence-electron chi connectivity index (χ2n) is 3.81. The fourth-order valence-electron chi connectivity index (χ4n) is 1.53. The van der Waals surface area contributed by atoms with E-state index in [0.717, 1.165) is 5.56 Å². The Morgan fingerprint density at radius 1 is 1.06 bits per heavy atom. The Morgan fingerprint density at radius 3 is 2.50 bits per heavy atom. The van der Waals surface area contributed by atoms with Gasteiger partial charge in [-0.1, -0.05) is 53.5 Å². The van der Waals surface area contributed by atoms with Crippen LogP contribution in [-0.4, -0.2) is 11.7 Å². The Bertz CT molecular complexity index is 514. The minimum Gasteiger partial charge on any atom is -0.489 e. The molecule has 0 spiro atoms. The topological polar surface area (TPSA) is 29.5 Å². The first kappa shape index (κ1) is 13.2. The van der Waals surface area contributed by atoms with Crippen molar-refractivity contribution < 1.29 is 9.84 Å². The zero-order valence-electron chi connectivity index (χ0n) is 9.51. The molecular weight excluding hydrogens is 271 g/mol. The second-order valence-corrected chi connectivity index (χ2v) is 4.66. The van der Waals surface area contributed by atoms with Gasteiger partial charge < -0.3 is 9.84 Å². The molecule has 2 nitrogen and oxygen atoms in total. The lowest BCUT2D eigenvalue weighted by Gasteiger charge is -2.13. The summed E-state index contributed by atoms with van der Waals surface area (Å²) in [6, 6.07) is 14.3. The SMILES string of the molecule is OC(COc1cc(Cl)ccc1Cl)c1ccccc1. The molecule has 2 rings (SSSR count). The molecule has 94 valence electrons. The zero-order chi connectivity index (χ0) is 13.0. The molecule has 2 aromatic carbocycles. The van der Waals surface area contributed by atoms with Crippen LogP contribution < -0.4 is 4.74 Å². The van der Waals surface area contributed by atoms with Crippen molar-refractivity contribution in [3.8, 4) is 5.75 Å². The van der Waals surface area contributed by atoms with Crippen LogP contribution in [0.3, 0.4) is 0 Å². The molecule has 0 fully saturated rings. The number of aliphatic hydroxyl groups is 1. The van der Waals surface area contributed by atoms with Crippen molar-refractivity contribution in [2.45, 2.75) is 6.10 Å². The minimum atomic E-state index is -0.693. The number of halogens is 2. The molecule has 0 aromatic heterocycles. The number of aliphatic hydroxyl groups excluding tert-OH is 1. The summed E-state index contributed by atoms with van der Waals surface area (Å²) >= 11 is 11.8. The summed E-state index contributed by atoms with van der Waals surface area (Å²) in [5.41, 5.74) is 0.802. The molecule has 0 saturated heterocycles. The van der Waals surface area contributed by atoms with Gasteiger partial charge in [0.1, 0.15) is 18.5 Å². The van der Waals surface area contributed by atoms with E-state index in [2.05, 4.69) is 0 Å². The van der Waals surface area contributed by atoms with Crippen LogP contribution in [0, 0.1) is 0 Å². The average Bonchev–Trinajstić information content (AvgIpc) is 2.40. The molecule has 0 radical (unpaired) electrons. The second kappa shape index (κ2) is 6.10. The Hall–Kier alpha value is -1.22. The number of ether oxygens (including phenoxy) is 1. The maximum Gasteiger partial charge on any atom is 0.139 e. The predicted molar refractivity (Wildman–Crippen MR) is 73.4 cm³/mol. The molecule has 0 aliphatic carbocycles. The lowest BCUT2D eigenvalue weighted by Crippen LogP contribution is -2.09. The number of rotatable bonds is 4. The van der Waals surface area contributed by atoms with E-state index in [1.807, 2.05) is 30.3 Å². The van der Waals surface area contributed by atoms with E-state index in [1.54, 1.807) is 18.2 Å². The van der Waals surface area contributed by atoms with Crippen LogP contribution in [0.1, 0.15) is 11.7 Å². The predicted octanol–water partition coefficient (Wildman–Crippen LogP) is 4.11. The van der Waals surface area contributed by atoms with Gasteiger partial charge in [0.05, 0.1) is 5.02 Å². The van der Waals surface area contributed by atoms with Gasteiger partial charge in [0.25, 0.3) is 0 Å². The Kier molecular flexibility index (Phi) is 4.48. The smallest absolute Gasteiger partial charge is 0.139 e. The monoisotopic (exact) mass is 282 g/mol. The van der Waals surface area contributed by atoms with E-state index < -0.39 is 6.10 Å². The maximum atomic E-state index is 9.94. The summed E-state index contributed by atoms with van der Waals surface area (Å²) in [6.07, 6.45) is -0.693. The highest BCUT2D eigenvalue weighted by molar-refractivity contribution is 6.34. The summed E-state index contributed by atoms with van der Waals surface area (Å²) in [5.74, 6) is 0.471. The van der Waals surface area contributed by atoms with Gasteiger partial charge in [-0.05, 0) is 17.7 Å². The van der Waals surface area contributed by atoms with E-state index in [1.165, 1.54) is 0 Å². The molecule has 1 unspecified atom stereocenters. The van der Waals surface area contributed by atoms with Crippen LogP contribution in [-0.2, 0) is 0 Å². The molecule has 1 N–H and O–H groups in total. The van der Waals surface area contributed by atoms with Crippen molar-refractivity contribution >= 4 is 23.2 Å². The van der Waals surface area contributed by atoms with Crippen molar-refractivity contribution in [2.75, 3.05) is 6.61 Å². The number of benzene rings is 2. The number of hydrogen-bond acceptors (Lipinski definition) is 2. The van der Waals surface area contributed by atoms with Crippen LogP contribution in [0.4, 0.5) is 0 Å². The van der Waals surface area contributed by atoms with Crippen molar-refractivity contribution in [2.24, 2.45) is 0 Å². The van der Waals surface area contributed by atoms with Gasteiger partial charge in [-0.15, -0.1) is 0 Å². The zero-order valence-corrected chi connectivity index (χ0v) is 11.0. The molecular formula is C14H12Cl2O2. The van der Waals surface area contributed by atoms with Crippen LogP contribution in [0.5, 0.6) is 5.75 Å². The van der Waals surface area contributed by atoms with Crippen LogP contribution >= 0.6 is 23.2 Å². The molecule has 0 aliphatic heterocycles. The van der Waals surface area contributed by atoms with E-state index in [0.29, 0.717) is 15.8 Å². The van der Waals surface area contributed by atoms with Crippen LogP contribution in [0.15, 0.2) is 48.5 Å². The summed E-state index contributed by atoms with van der Waals surface area (Å²) < 4.78 is 5.47. The molecule has 1 atom stereocenters. The minimum absolute atomic E-state index is 0.129. The van der Waals surface area contributed by atoms with Crippen molar-refractivity contribution in [1.82, 2.24) is 0 Å². The van der Waals surface area contributed by atoms with E-state index in [4.69, 9.17) is 27.9 Å². The lowest BCUT2D eigenvalue weighted by atomic mass is 10.1. The van der Waals surface area contributed by atoms with Gasteiger partial charge in [-0.25, -0.2) is 0 Å². The van der Waals surface area contributed by atoms with E-state index >= 15 is 0 Å². The summed E-state index contributed by atoms with van der Waals surface area (Å²) in [4.78, 5) is 0. The van der Waals surface area contributed by atoms with Gasteiger partial charge >= 0.3 is 0 Å². The molecule has 2 aromatic rings. The molecule has 18 heavy (non-hydrogen) atoms. The van der Waals surface area contributed by atoms with Gasteiger partial charge in [-0.3, -0.25) is 0 Å². The van der Waals surface area contributed by atoms with Crippen molar-refractivity contribution in [3.05, 3.63) is 64.1 Å². The molecule has 4 heteroatoms. The van der Waals surface area contributed by atoms with Crippen LogP contribution in [0.25, 0.3) is 0 Å². The molecule has 0 aliphatic rings. The molecule has 0 saturated carbocycles. The van der Waals surface area contributed by atoms with Gasteiger partial charge in [0.15, 0.2) is 0 Å². The standard InChI is InChI=1S/C14H12Cl2O2/c15-11-6-7-12(16)14(8-11)18-9-13(17)10-4-2-1-3-5-10/h1-8,13,17H,9H2. The first-order valence-corrected chi connectivity index (χ1v) is 6.23. The fraction of sp³-hybridized carbons (Fsp3) is 0.143. The fourth-order valence-corrected chi connectivity index (χ4v) is 1.86. The summed E-state index contributed by atoms with van der Waals surface area (Å²) in [6.45, 7) is 0.129. The summed E-state index contributed by atoms with van der Waals surface area (Å²) in [7, 11) is 0. The highest BCUT2D eigenvalue weighted by Crippen LogP contribution is 2.28. The highest BCUT2D eigenvalue weighted by atomic mass is 35.5. The largest absolute Gasteiger partial charge is 0.489 e. The first-order chi connectivity index (χ1) is 8.66. The van der Waals surface area contributed by atoms with E-state index in [-0.39, 0.29) is 6.61 Å². The number of hydrogen-bond donors (Lipinski definition) is 1. The van der Waals surface area contributed by atoms with Crippen molar-refractivity contribution in [1.29, 1.82) is 0 Å². The normalized spacial score (nSPS) is 12.2. The van der Waals surface area contributed by atoms with Gasteiger partial charge in [-0.2, -0.15) is 0 Å².